The van der Waals surface area contributed by atoms with Gasteiger partial charge in [-0.05, 0) is 60.0 Å². The highest BCUT2D eigenvalue weighted by Gasteiger charge is 2.35. The van der Waals surface area contributed by atoms with Crippen LogP contribution in [0.3, 0.4) is 0 Å². The minimum atomic E-state index is -4.06. The van der Waals surface area contributed by atoms with Crippen molar-refractivity contribution in [2.45, 2.75) is 44.2 Å². The summed E-state index contributed by atoms with van der Waals surface area (Å²) in [6.07, 6.45) is 0.470. The van der Waals surface area contributed by atoms with Gasteiger partial charge in [0, 0.05) is 30.4 Å². The molecular weight excluding hydrogens is 644 g/mol. The van der Waals surface area contributed by atoms with E-state index in [1.165, 1.54) is 17.4 Å². The Bertz CT molecular complexity index is 1810. The Morgan fingerprint density at radius 3 is 2.35 bits per heavy atom. The number of fused-ring (bicyclic) bond motifs is 1. The topological polar surface area (TPSA) is 116 Å². The molecule has 12 heteroatoms. The molecule has 1 aliphatic heterocycles. The van der Waals surface area contributed by atoms with E-state index >= 15 is 0 Å². The quantitative estimate of drug-likeness (QED) is 0.233. The molecule has 4 aromatic rings. The van der Waals surface area contributed by atoms with E-state index in [-0.39, 0.29) is 53.3 Å². The molecule has 0 radical (unpaired) electrons. The Morgan fingerprint density at radius 1 is 0.957 bits per heavy atom. The lowest BCUT2D eigenvalue weighted by Crippen LogP contribution is -2.60. The fourth-order valence-corrected chi connectivity index (χ4v) is 8.09. The van der Waals surface area contributed by atoms with Crippen LogP contribution in [0.1, 0.15) is 36.9 Å². The van der Waals surface area contributed by atoms with Crippen molar-refractivity contribution >= 4 is 60.8 Å². The summed E-state index contributed by atoms with van der Waals surface area (Å²) in [6.45, 7) is 6.13. The number of carbonyl (C=O) groups excluding carboxylic acids is 3. The zero-order valence-electron chi connectivity index (χ0n) is 25.9. The number of hydrogen-bond donors (Lipinski definition) is 2. The van der Waals surface area contributed by atoms with Gasteiger partial charge in [-0.25, -0.2) is 13.1 Å². The van der Waals surface area contributed by atoms with Gasteiger partial charge in [0.15, 0.2) is 0 Å². The fourth-order valence-electron chi connectivity index (χ4n) is 5.60. The zero-order valence-corrected chi connectivity index (χ0v) is 28.3. The Balaban J connectivity index is 1.18. The number of benzene rings is 3. The fraction of sp³-hybridized carbons (Fsp3) is 0.324. The second-order valence-corrected chi connectivity index (χ2v) is 15.1. The monoisotopic (exact) mass is 680 g/mol. The molecule has 3 amide bonds. The predicted octanol–water partition coefficient (Wildman–Crippen LogP) is 5.40. The average molecular weight is 681 g/mol. The van der Waals surface area contributed by atoms with Gasteiger partial charge < -0.3 is 15.1 Å². The molecule has 1 aromatic heterocycles. The molecule has 1 fully saturated rings. The summed E-state index contributed by atoms with van der Waals surface area (Å²) in [5.74, 6) is -0.733. The van der Waals surface area contributed by atoms with Gasteiger partial charge in [0.2, 0.25) is 21.8 Å². The molecule has 5 rings (SSSR count). The van der Waals surface area contributed by atoms with Gasteiger partial charge in [0.1, 0.15) is 10.9 Å². The highest BCUT2D eigenvalue weighted by molar-refractivity contribution is 7.89. The number of thiophene rings is 1. The molecule has 2 atom stereocenters. The number of piperazine rings is 1. The van der Waals surface area contributed by atoms with Crippen molar-refractivity contribution in [3.05, 3.63) is 88.8 Å². The molecule has 0 saturated carbocycles. The van der Waals surface area contributed by atoms with E-state index in [9.17, 15) is 22.8 Å². The number of nitrogens with zero attached hydrogens (tertiary/aromatic N) is 2. The van der Waals surface area contributed by atoms with Crippen LogP contribution in [-0.2, 0) is 19.6 Å². The van der Waals surface area contributed by atoms with Crippen molar-refractivity contribution in [3.8, 4) is 11.1 Å². The number of halogens is 1. The zero-order chi connectivity index (χ0) is 33.0. The molecule has 46 heavy (non-hydrogen) atoms. The van der Waals surface area contributed by atoms with Crippen LogP contribution in [0, 0.1) is 5.92 Å². The minimum absolute atomic E-state index is 0.0532. The standard InChI is InChI=1S/C34H37ClN4O5S2/c1-22(2)17-28(37-33(41)30-19-26-11-7-8-12-29(26)45-30)34(42)39-16-15-38(21-23(39)3)32(40)20-36-46(43,44)31-14-13-25(18-27(31)35)24-9-5-4-6-10-24/h4-14,18-19,22-23,28,36H,15-17,20-21H2,1-3H3,(H,37,41). The van der Waals surface area contributed by atoms with Gasteiger partial charge in [-0.15, -0.1) is 11.3 Å². The van der Waals surface area contributed by atoms with E-state index in [4.69, 9.17) is 11.6 Å². The van der Waals surface area contributed by atoms with E-state index in [0.29, 0.717) is 11.3 Å². The first-order valence-corrected chi connectivity index (χ1v) is 17.8. The maximum atomic E-state index is 13.7. The first-order valence-electron chi connectivity index (χ1n) is 15.1. The molecule has 0 bridgehead atoms. The van der Waals surface area contributed by atoms with Gasteiger partial charge in [-0.1, -0.05) is 80.0 Å². The van der Waals surface area contributed by atoms with Crippen molar-refractivity contribution < 1.29 is 22.8 Å². The molecule has 9 nitrogen and oxygen atoms in total. The van der Waals surface area contributed by atoms with Gasteiger partial charge in [0.25, 0.3) is 5.91 Å². The SMILES string of the molecule is CC(C)CC(NC(=O)c1cc2ccccc2s1)C(=O)N1CCN(C(=O)CNS(=O)(=O)c2ccc(-c3ccccc3)cc2Cl)CC1C. The largest absolute Gasteiger partial charge is 0.340 e. The van der Waals surface area contributed by atoms with Crippen molar-refractivity contribution in [2.24, 2.45) is 5.92 Å². The van der Waals surface area contributed by atoms with Gasteiger partial charge in [-0.3, -0.25) is 14.4 Å². The Kier molecular flexibility index (Phi) is 10.5. The summed E-state index contributed by atoms with van der Waals surface area (Å²) in [5, 5.41) is 3.99. The van der Waals surface area contributed by atoms with Gasteiger partial charge in [-0.2, -0.15) is 0 Å². The highest BCUT2D eigenvalue weighted by atomic mass is 35.5. The molecule has 3 aromatic carbocycles. The summed E-state index contributed by atoms with van der Waals surface area (Å²) in [4.78, 5) is 43.7. The smallest absolute Gasteiger partial charge is 0.262 e. The molecule has 2 unspecified atom stereocenters. The number of carbonyl (C=O) groups is 3. The lowest BCUT2D eigenvalue weighted by molar-refractivity contribution is -0.143. The Hall–Kier alpha value is -3.77. The summed E-state index contributed by atoms with van der Waals surface area (Å²) in [5.41, 5.74) is 1.68. The van der Waals surface area contributed by atoms with Crippen LogP contribution in [-0.4, -0.2) is 74.2 Å². The minimum Gasteiger partial charge on any atom is -0.340 e. The molecular formula is C34H37ClN4O5S2. The number of amides is 3. The first-order chi connectivity index (χ1) is 21.9. The van der Waals surface area contributed by atoms with Crippen LogP contribution in [0.5, 0.6) is 0 Å². The van der Waals surface area contributed by atoms with E-state index < -0.39 is 28.5 Å². The molecule has 1 saturated heterocycles. The summed E-state index contributed by atoms with van der Waals surface area (Å²) in [7, 11) is -4.06. The Morgan fingerprint density at radius 2 is 1.67 bits per heavy atom. The lowest BCUT2D eigenvalue weighted by atomic mass is 10.0. The van der Waals surface area contributed by atoms with Crippen LogP contribution in [0.15, 0.2) is 83.8 Å². The second kappa shape index (κ2) is 14.3. The first kappa shape index (κ1) is 33.6. The number of hydrogen-bond acceptors (Lipinski definition) is 6. The van der Waals surface area contributed by atoms with Crippen LogP contribution in [0.2, 0.25) is 5.02 Å². The normalized spacial score (nSPS) is 16.1. The number of sulfonamides is 1. The molecule has 0 aliphatic carbocycles. The van der Waals surface area contributed by atoms with E-state index in [1.54, 1.807) is 21.9 Å². The van der Waals surface area contributed by atoms with Crippen LogP contribution in [0.4, 0.5) is 0 Å². The third-order valence-electron chi connectivity index (χ3n) is 7.97. The van der Waals surface area contributed by atoms with Gasteiger partial charge in [0.05, 0.1) is 16.4 Å². The van der Waals surface area contributed by atoms with Crippen LogP contribution >= 0.6 is 22.9 Å². The third-order valence-corrected chi connectivity index (χ3v) is 11.0. The van der Waals surface area contributed by atoms with Crippen molar-refractivity contribution in [2.75, 3.05) is 26.2 Å². The second-order valence-electron chi connectivity index (χ2n) is 11.9. The van der Waals surface area contributed by atoms with Crippen molar-refractivity contribution in [1.29, 1.82) is 0 Å². The summed E-state index contributed by atoms with van der Waals surface area (Å²) < 4.78 is 29.5. The molecule has 2 N–H and O–H groups in total. The van der Waals surface area contributed by atoms with E-state index in [2.05, 4.69) is 10.0 Å². The lowest BCUT2D eigenvalue weighted by Gasteiger charge is -2.41. The molecule has 0 spiro atoms. The van der Waals surface area contributed by atoms with E-state index in [1.807, 2.05) is 81.4 Å². The third kappa shape index (κ3) is 7.78. The van der Waals surface area contributed by atoms with Gasteiger partial charge >= 0.3 is 0 Å². The number of nitrogens with one attached hydrogen (secondary N) is 2. The number of rotatable bonds is 10. The molecule has 2 heterocycles. The maximum Gasteiger partial charge on any atom is 0.262 e. The maximum absolute atomic E-state index is 13.7. The molecule has 1 aliphatic rings. The summed E-state index contributed by atoms with van der Waals surface area (Å²) >= 11 is 7.74. The van der Waals surface area contributed by atoms with Crippen LogP contribution < -0.4 is 10.0 Å². The predicted molar refractivity (Wildman–Crippen MR) is 182 cm³/mol. The Labute approximate surface area is 278 Å². The van der Waals surface area contributed by atoms with Crippen LogP contribution in [0.25, 0.3) is 21.2 Å². The van der Waals surface area contributed by atoms with Crippen molar-refractivity contribution in [3.63, 3.8) is 0 Å². The highest BCUT2D eigenvalue weighted by Crippen LogP contribution is 2.29. The van der Waals surface area contributed by atoms with Crippen molar-refractivity contribution in [1.82, 2.24) is 19.8 Å². The average Bonchev–Trinajstić information content (AvgIpc) is 3.48. The van der Waals surface area contributed by atoms with E-state index in [0.717, 1.165) is 21.2 Å². The summed E-state index contributed by atoms with van der Waals surface area (Å²) in [6, 6.07) is 22.7. The molecule has 242 valence electrons.